The number of hydrogen-bond acceptors (Lipinski definition) is 4. The van der Waals surface area contributed by atoms with Crippen LogP contribution in [0.4, 0.5) is 0 Å². The average molecular weight is 269 g/mol. The van der Waals surface area contributed by atoms with Gasteiger partial charge < -0.3 is 14.8 Å². The van der Waals surface area contributed by atoms with Crippen LogP contribution in [-0.4, -0.2) is 37.7 Å². The molecule has 0 spiro atoms. The number of carbonyl (C=O) groups is 2. The minimum absolute atomic E-state index is 0.164. The molecule has 2 bridgehead atoms. The number of nitrogens with one attached hydrogen (secondary N) is 1. The summed E-state index contributed by atoms with van der Waals surface area (Å²) in [6.45, 7) is 6.97. The van der Waals surface area contributed by atoms with E-state index in [1.54, 1.807) is 7.11 Å². The predicted octanol–water partition coefficient (Wildman–Crippen LogP) is 1.26. The zero-order chi connectivity index (χ0) is 14.3. The summed E-state index contributed by atoms with van der Waals surface area (Å²) < 4.78 is 10.4. The van der Waals surface area contributed by atoms with Gasteiger partial charge in [-0.2, -0.15) is 0 Å². The van der Waals surface area contributed by atoms with Gasteiger partial charge in [-0.25, -0.2) is 0 Å². The monoisotopic (exact) mass is 269 g/mol. The minimum atomic E-state index is -0.994. The highest BCUT2D eigenvalue weighted by Gasteiger charge is 2.75. The number of rotatable bonds is 5. The Labute approximate surface area is 114 Å². The van der Waals surface area contributed by atoms with Crippen molar-refractivity contribution in [3.63, 3.8) is 0 Å². The number of ether oxygens (including phenoxy) is 2. The fourth-order valence-electron chi connectivity index (χ4n) is 3.31. The normalized spacial score (nSPS) is 35.3. The van der Waals surface area contributed by atoms with Gasteiger partial charge in [0.05, 0.1) is 5.41 Å². The summed E-state index contributed by atoms with van der Waals surface area (Å²) in [6, 6.07) is 0. The molecule has 1 heterocycles. The first-order chi connectivity index (χ1) is 8.82. The van der Waals surface area contributed by atoms with Gasteiger partial charge in [0.25, 0.3) is 5.91 Å². The first-order valence-electron chi connectivity index (χ1n) is 6.82. The van der Waals surface area contributed by atoms with Crippen molar-refractivity contribution < 1.29 is 19.1 Å². The lowest BCUT2D eigenvalue weighted by molar-refractivity contribution is -0.168. The molecule has 108 valence electrons. The molecule has 1 N–H and O–H groups in total. The van der Waals surface area contributed by atoms with Gasteiger partial charge in [0.1, 0.15) is 0 Å². The Kier molecular flexibility index (Phi) is 3.37. The average Bonchev–Trinajstić information content (AvgIpc) is 2.65. The van der Waals surface area contributed by atoms with Crippen LogP contribution >= 0.6 is 0 Å². The lowest BCUT2D eigenvalue weighted by Gasteiger charge is -2.35. The lowest BCUT2D eigenvalue weighted by Crippen LogP contribution is -2.53. The Morgan fingerprint density at radius 2 is 2.05 bits per heavy atom. The fourth-order valence-corrected chi connectivity index (χ4v) is 3.31. The topological polar surface area (TPSA) is 64.6 Å². The van der Waals surface area contributed by atoms with Gasteiger partial charge in [-0.1, -0.05) is 13.8 Å². The molecule has 1 aliphatic carbocycles. The van der Waals surface area contributed by atoms with E-state index < -0.39 is 16.4 Å². The zero-order valence-electron chi connectivity index (χ0n) is 12.2. The number of hydrogen-bond donors (Lipinski definition) is 1. The zero-order valence-corrected chi connectivity index (χ0v) is 12.2. The maximum atomic E-state index is 12.5. The van der Waals surface area contributed by atoms with Crippen LogP contribution in [0.3, 0.4) is 0 Å². The molecule has 5 nitrogen and oxygen atoms in total. The van der Waals surface area contributed by atoms with Gasteiger partial charge in [0.2, 0.25) is 0 Å². The highest BCUT2D eigenvalue weighted by Crippen LogP contribution is 2.65. The molecule has 2 atom stereocenters. The quantitative estimate of drug-likeness (QED) is 0.603. The van der Waals surface area contributed by atoms with E-state index in [4.69, 9.17) is 9.47 Å². The van der Waals surface area contributed by atoms with E-state index in [9.17, 15) is 9.59 Å². The van der Waals surface area contributed by atoms with Crippen molar-refractivity contribution in [3.8, 4) is 0 Å². The maximum absolute atomic E-state index is 12.5. The van der Waals surface area contributed by atoms with Gasteiger partial charge in [-0.3, -0.25) is 9.59 Å². The van der Waals surface area contributed by atoms with Gasteiger partial charge in [-0.05, 0) is 26.2 Å². The van der Waals surface area contributed by atoms with Gasteiger partial charge in [-0.15, -0.1) is 0 Å². The highest BCUT2D eigenvalue weighted by molar-refractivity contribution is 5.96. The summed E-state index contributed by atoms with van der Waals surface area (Å²) >= 11 is 0. The van der Waals surface area contributed by atoms with Crippen LogP contribution < -0.4 is 5.32 Å². The molecule has 5 heteroatoms. The van der Waals surface area contributed by atoms with E-state index >= 15 is 0 Å². The summed E-state index contributed by atoms with van der Waals surface area (Å²) in [5, 5.41) is 2.88. The molecular formula is C14H23NO4. The van der Waals surface area contributed by atoms with Crippen LogP contribution in [0.15, 0.2) is 0 Å². The summed E-state index contributed by atoms with van der Waals surface area (Å²) in [5.41, 5.74) is -2.01. The second kappa shape index (κ2) is 4.47. The molecule has 0 aromatic heterocycles. The Bertz CT molecular complexity index is 406. The van der Waals surface area contributed by atoms with Crippen LogP contribution in [-0.2, 0) is 19.1 Å². The predicted molar refractivity (Wildman–Crippen MR) is 69.4 cm³/mol. The molecule has 2 rings (SSSR count). The third kappa shape index (κ3) is 1.71. The SMILES string of the molecule is COCCCNC(=O)[C@@]12CC[C@](C)(C(=O)O1)C2(C)C. The Hall–Kier alpha value is -1.10. The largest absolute Gasteiger partial charge is 0.448 e. The molecule has 0 aromatic rings. The Morgan fingerprint density at radius 3 is 2.53 bits per heavy atom. The molecule has 0 unspecified atom stereocenters. The lowest BCUT2D eigenvalue weighted by atomic mass is 9.66. The van der Waals surface area contributed by atoms with Crippen molar-refractivity contribution in [1.29, 1.82) is 0 Å². The number of esters is 1. The van der Waals surface area contributed by atoms with Crippen molar-refractivity contribution in [3.05, 3.63) is 0 Å². The first-order valence-corrected chi connectivity index (χ1v) is 6.82. The standard InChI is InChI=1S/C14H23NO4/c1-12(2)13(3)6-7-14(12,19-11(13)17)10(16)15-8-5-9-18-4/h5-9H2,1-4H3,(H,15,16)/t13-,14-/m1/s1. The Morgan fingerprint density at radius 1 is 1.37 bits per heavy atom. The van der Waals surface area contributed by atoms with Gasteiger partial charge in [0.15, 0.2) is 5.60 Å². The number of methoxy groups -OCH3 is 1. The van der Waals surface area contributed by atoms with Crippen LogP contribution in [0.1, 0.15) is 40.0 Å². The van der Waals surface area contributed by atoms with Gasteiger partial charge in [0, 0.05) is 25.7 Å². The van der Waals surface area contributed by atoms with E-state index in [0.29, 0.717) is 26.0 Å². The Balaban J connectivity index is 2.11. The van der Waals surface area contributed by atoms with Crippen LogP contribution in [0.5, 0.6) is 0 Å². The van der Waals surface area contributed by atoms with Crippen molar-refractivity contribution in [2.24, 2.45) is 10.8 Å². The molecule has 1 aliphatic heterocycles. The van der Waals surface area contributed by atoms with Crippen LogP contribution in [0.25, 0.3) is 0 Å². The summed E-state index contributed by atoms with van der Waals surface area (Å²) in [4.78, 5) is 24.5. The fraction of sp³-hybridized carbons (Fsp3) is 0.857. The maximum Gasteiger partial charge on any atom is 0.313 e. The number of fused-ring (bicyclic) bond motifs is 2. The smallest absolute Gasteiger partial charge is 0.313 e. The second-order valence-electron chi connectivity index (χ2n) is 6.28. The van der Waals surface area contributed by atoms with Crippen LogP contribution in [0, 0.1) is 10.8 Å². The third-order valence-electron chi connectivity index (χ3n) is 5.26. The summed E-state index contributed by atoms with van der Waals surface area (Å²) in [7, 11) is 1.63. The van der Waals surface area contributed by atoms with E-state index in [1.807, 2.05) is 20.8 Å². The van der Waals surface area contributed by atoms with E-state index in [1.165, 1.54) is 0 Å². The molecule has 1 saturated carbocycles. The second-order valence-corrected chi connectivity index (χ2v) is 6.28. The third-order valence-corrected chi connectivity index (χ3v) is 5.26. The highest BCUT2D eigenvalue weighted by atomic mass is 16.6. The van der Waals surface area contributed by atoms with Crippen LogP contribution in [0.2, 0.25) is 0 Å². The summed E-state index contributed by atoms with van der Waals surface area (Å²) in [6.07, 6.45) is 2.08. The molecule has 0 aromatic carbocycles. The minimum Gasteiger partial charge on any atom is -0.448 e. The van der Waals surface area contributed by atoms with Crippen molar-refractivity contribution in [1.82, 2.24) is 5.32 Å². The number of carbonyl (C=O) groups excluding carboxylic acids is 2. The van der Waals surface area contributed by atoms with E-state index in [2.05, 4.69) is 5.32 Å². The molecule has 1 amide bonds. The molecule has 1 saturated heterocycles. The molecule has 2 fully saturated rings. The molecule has 19 heavy (non-hydrogen) atoms. The van der Waals surface area contributed by atoms with Crippen molar-refractivity contribution >= 4 is 11.9 Å². The first kappa shape index (κ1) is 14.3. The number of amides is 1. The van der Waals surface area contributed by atoms with E-state index in [0.717, 1.165) is 6.42 Å². The van der Waals surface area contributed by atoms with Crippen molar-refractivity contribution in [2.75, 3.05) is 20.3 Å². The van der Waals surface area contributed by atoms with Gasteiger partial charge >= 0.3 is 5.97 Å². The molecular weight excluding hydrogens is 246 g/mol. The molecule has 2 aliphatic rings. The summed E-state index contributed by atoms with van der Waals surface area (Å²) in [5.74, 6) is -0.404. The van der Waals surface area contributed by atoms with E-state index in [-0.39, 0.29) is 11.9 Å². The molecule has 0 radical (unpaired) electrons. The van der Waals surface area contributed by atoms with Crippen molar-refractivity contribution in [2.45, 2.75) is 45.6 Å².